The molecule has 0 spiro atoms. The van der Waals surface area contributed by atoms with Crippen LogP contribution in [0.3, 0.4) is 0 Å². The molecule has 0 aliphatic carbocycles. The zero-order valence-corrected chi connectivity index (χ0v) is 20.8. The number of ether oxygens (including phenoxy) is 2. The van der Waals surface area contributed by atoms with E-state index in [9.17, 15) is 13.2 Å². The Bertz CT molecular complexity index is 1250. The van der Waals surface area contributed by atoms with Gasteiger partial charge in [-0.15, -0.1) is 0 Å². The van der Waals surface area contributed by atoms with E-state index in [0.29, 0.717) is 46.5 Å². The fourth-order valence-electron chi connectivity index (χ4n) is 3.30. The predicted molar refractivity (Wildman–Crippen MR) is 134 cm³/mol. The van der Waals surface area contributed by atoms with Gasteiger partial charge in [-0.25, -0.2) is 8.42 Å². The number of halogens is 1. The number of amides is 1. The van der Waals surface area contributed by atoms with Gasteiger partial charge in [0.25, 0.3) is 5.91 Å². The van der Waals surface area contributed by atoms with E-state index in [-0.39, 0.29) is 12.5 Å². The first-order valence-electron chi connectivity index (χ1n) is 10.6. The van der Waals surface area contributed by atoms with E-state index in [1.54, 1.807) is 62.6 Å². The Morgan fingerprint density at radius 3 is 2.38 bits per heavy atom. The summed E-state index contributed by atoms with van der Waals surface area (Å²) in [5.74, 6) is 1.11. The molecule has 0 aliphatic heterocycles. The zero-order valence-electron chi connectivity index (χ0n) is 19.2. The van der Waals surface area contributed by atoms with Gasteiger partial charge in [-0.1, -0.05) is 35.9 Å². The summed E-state index contributed by atoms with van der Waals surface area (Å²) < 4.78 is 37.0. The Morgan fingerprint density at radius 2 is 1.71 bits per heavy atom. The summed E-state index contributed by atoms with van der Waals surface area (Å²) in [5.41, 5.74) is 2.41. The van der Waals surface area contributed by atoms with Gasteiger partial charge >= 0.3 is 0 Å². The van der Waals surface area contributed by atoms with Crippen LogP contribution in [0.4, 0.5) is 5.69 Å². The Hall–Kier alpha value is -3.23. The Morgan fingerprint density at radius 1 is 1.03 bits per heavy atom. The number of anilines is 1. The van der Waals surface area contributed by atoms with Crippen LogP contribution in [0.5, 0.6) is 11.5 Å². The average Bonchev–Trinajstić information content (AvgIpc) is 2.82. The second kappa shape index (κ2) is 11.3. The maximum absolute atomic E-state index is 12.5. The van der Waals surface area contributed by atoms with Crippen LogP contribution in [-0.2, 0) is 16.6 Å². The molecule has 7 nitrogen and oxygen atoms in total. The number of rotatable bonds is 10. The quantitative estimate of drug-likeness (QED) is 0.414. The number of carbonyl (C=O) groups is 1. The summed E-state index contributed by atoms with van der Waals surface area (Å²) in [5, 5.41) is 3.30. The van der Waals surface area contributed by atoms with Crippen molar-refractivity contribution in [2.45, 2.75) is 13.5 Å². The van der Waals surface area contributed by atoms with Gasteiger partial charge in [-0.05, 0) is 54.4 Å². The molecule has 3 aromatic rings. The maximum Gasteiger partial charge on any atom is 0.251 e. The van der Waals surface area contributed by atoms with E-state index in [0.717, 1.165) is 11.8 Å². The molecule has 0 unspecified atom stereocenters. The van der Waals surface area contributed by atoms with E-state index in [2.05, 4.69) is 5.32 Å². The normalized spacial score (nSPS) is 11.1. The van der Waals surface area contributed by atoms with Crippen LogP contribution in [-0.4, -0.2) is 40.8 Å². The van der Waals surface area contributed by atoms with Crippen molar-refractivity contribution in [1.82, 2.24) is 5.32 Å². The summed E-state index contributed by atoms with van der Waals surface area (Å²) in [6.07, 6.45) is 1.16. The molecule has 34 heavy (non-hydrogen) atoms. The number of hydrogen-bond acceptors (Lipinski definition) is 5. The fourth-order valence-corrected chi connectivity index (χ4v) is 4.41. The van der Waals surface area contributed by atoms with Gasteiger partial charge in [0.2, 0.25) is 10.0 Å². The highest BCUT2D eigenvalue weighted by atomic mass is 35.5. The Labute approximate surface area is 205 Å². The zero-order chi connectivity index (χ0) is 24.7. The van der Waals surface area contributed by atoms with E-state index in [1.807, 2.05) is 18.2 Å². The first kappa shape index (κ1) is 25.4. The van der Waals surface area contributed by atoms with Crippen molar-refractivity contribution in [3.05, 3.63) is 88.4 Å². The lowest BCUT2D eigenvalue weighted by Crippen LogP contribution is -2.30. The molecule has 0 bridgehead atoms. The molecule has 0 saturated carbocycles. The molecular formula is C25H27ClN2O5S. The third kappa shape index (κ3) is 6.65. The number of hydrogen-bond donors (Lipinski definition) is 1. The van der Waals surface area contributed by atoms with E-state index < -0.39 is 10.0 Å². The van der Waals surface area contributed by atoms with Crippen LogP contribution in [0.1, 0.15) is 21.5 Å². The van der Waals surface area contributed by atoms with Crippen molar-refractivity contribution in [2.24, 2.45) is 0 Å². The lowest BCUT2D eigenvalue weighted by molar-refractivity contribution is 0.0947. The van der Waals surface area contributed by atoms with E-state index in [4.69, 9.17) is 21.1 Å². The van der Waals surface area contributed by atoms with Gasteiger partial charge in [0.15, 0.2) is 0 Å². The molecule has 3 aromatic carbocycles. The van der Waals surface area contributed by atoms with Crippen molar-refractivity contribution in [2.75, 3.05) is 30.8 Å². The summed E-state index contributed by atoms with van der Waals surface area (Å²) in [7, 11) is -1.97. The average molecular weight is 503 g/mol. The lowest BCUT2D eigenvalue weighted by Gasteiger charge is -2.24. The number of sulfonamides is 1. The molecule has 0 aliphatic rings. The van der Waals surface area contributed by atoms with Crippen molar-refractivity contribution in [3.63, 3.8) is 0 Å². The number of nitrogens with one attached hydrogen (secondary N) is 1. The van der Waals surface area contributed by atoms with Crippen molar-refractivity contribution < 1.29 is 22.7 Å². The molecule has 3 rings (SSSR count). The number of benzene rings is 3. The van der Waals surface area contributed by atoms with Crippen LogP contribution in [0.2, 0.25) is 5.02 Å². The molecule has 9 heteroatoms. The van der Waals surface area contributed by atoms with E-state index >= 15 is 0 Å². The standard InChI is InChI=1S/C25H27ClN2O5S/c1-18-23(26)8-5-9-24(18)28(34(3,30)31)17-19-10-12-20(13-11-19)25(29)27-14-15-33-22-7-4-6-21(16-22)32-2/h4-13,16H,14-15,17H2,1-3H3,(H,27,29). The molecular weight excluding hydrogens is 476 g/mol. The van der Waals surface area contributed by atoms with E-state index in [1.165, 1.54) is 4.31 Å². The molecule has 0 atom stereocenters. The third-order valence-corrected chi connectivity index (χ3v) is 6.68. The highest BCUT2D eigenvalue weighted by Gasteiger charge is 2.20. The van der Waals surface area contributed by atoms with Crippen molar-refractivity contribution in [1.29, 1.82) is 0 Å². The van der Waals surface area contributed by atoms with Crippen molar-refractivity contribution in [3.8, 4) is 11.5 Å². The molecule has 180 valence electrons. The smallest absolute Gasteiger partial charge is 0.251 e. The maximum atomic E-state index is 12.5. The van der Waals surface area contributed by atoms with Gasteiger partial charge < -0.3 is 14.8 Å². The molecule has 0 aromatic heterocycles. The third-order valence-electron chi connectivity index (χ3n) is 5.15. The topological polar surface area (TPSA) is 84.9 Å². The van der Waals surface area contributed by atoms with Crippen molar-refractivity contribution >= 4 is 33.2 Å². The Balaban J connectivity index is 1.59. The second-order valence-corrected chi connectivity index (χ2v) is 9.95. The summed E-state index contributed by atoms with van der Waals surface area (Å²) in [4.78, 5) is 12.4. The minimum Gasteiger partial charge on any atom is -0.497 e. The second-order valence-electron chi connectivity index (χ2n) is 7.63. The predicted octanol–water partition coefficient (Wildman–Crippen LogP) is 4.43. The molecule has 0 fully saturated rings. The SMILES string of the molecule is COc1cccc(OCCNC(=O)c2ccc(CN(c3cccc(Cl)c3C)S(C)(=O)=O)cc2)c1. The van der Waals surface area contributed by atoms with Crippen LogP contribution < -0.4 is 19.1 Å². The summed E-state index contributed by atoms with van der Waals surface area (Å²) in [6, 6.07) is 19.2. The minimum absolute atomic E-state index is 0.121. The summed E-state index contributed by atoms with van der Waals surface area (Å²) >= 11 is 6.19. The van der Waals surface area contributed by atoms with Gasteiger partial charge in [-0.3, -0.25) is 9.10 Å². The molecule has 1 amide bonds. The highest BCUT2D eigenvalue weighted by molar-refractivity contribution is 7.92. The van der Waals surface area contributed by atoms with Crippen LogP contribution in [0, 0.1) is 6.92 Å². The first-order chi connectivity index (χ1) is 16.2. The molecule has 1 N–H and O–H groups in total. The molecule has 0 saturated heterocycles. The largest absolute Gasteiger partial charge is 0.497 e. The van der Waals surface area contributed by atoms with Crippen LogP contribution in [0.15, 0.2) is 66.7 Å². The minimum atomic E-state index is -3.55. The number of carbonyl (C=O) groups excluding carboxylic acids is 1. The monoisotopic (exact) mass is 502 g/mol. The number of nitrogens with zero attached hydrogens (tertiary/aromatic N) is 1. The molecule has 0 radical (unpaired) electrons. The highest BCUT2D eigenvalue weighted by Crippen LogP contribution is 2.29. The van der Waals surface area contributed by atoms with Gasteiger partial charge in [-0.2, -0.15) is 0 Å². The van der Waals surface area contributed by atoms with Crippen LogP contribution >= 0.6 is 11.6 Å². The lowest BCUT2D eigenvalue weighted by atomic mass is 10.1. The van der Waals surface area contributed by atoms with Gasteiger partial charge in [0.05, 0.1) is 32.1 Å². The Kier molecular flexibility index (Phi) is 8.41. The first-order valence-corrected chi connectivity index (χ1v) is 12.8. The van der Waals surface area contributed by atoms with Crippen LogP contribution in [0.25, 0.3) is 0 Å². The number of methoxy groups -OCH3 is 1. The van der Waals surface area contributed by atoms with Gasteiger partial charge in [0, 0.05) is 16.7 Å². The summed E-state index contributed by atoms with van der Waals surface area (Å²) in [6.45, 7) is 2.53. The fraction of sp³-hybridized carbons (Fsp3) is 0.240. The molecule has 0 heterocycles. The van der Waals surface area contributed by atoms with Gasteiger partial charge in [0.1, 0.15) is 18.1 Å².